The molecule has 120 valence electrons. The average Bonchev–Trinajstić information content (AvgIpc) is 2.32. The lowest BCUT2D eigenvalue weighted by Crippen LogP contribution is -2.57. The zero-order valence-corrected chi connectivity index (χ0v) is 14.0. The number of nitrogens with two attached hydrogens (primary N) is 1. The molecule has 0 aromatic carbocycles. The van der Waals surface area contributed by atoms with Gasteiger partial charge in [0.05, 0.1) is 5.41 Å². The fourth-order valence-corrected chi connectivity index (χ4v) is 5.97. The quantitative estimate of drug-likeness (QED) is 0.818. The molecule has 4 bridgehead atoms. The molecular weight excluding hydrogens is 260 g/mol. The van der Waals surface area contributed by atoms with Crippen LogP contribution in [0, 0.1) is 28.1 Å². The van der Waals surface area contributed by atoms with Gasteiger partial charge in [0, 0.05) is 6.54 Å². The Labute approximate surface area is 129 Å². The van der Waals surface area contributed by atoms with E-state index >= 15 is 0 Å². The Morgan fingerprint density at radius 3 is 2.38 bits per heavy atom. The van der Waals surface area contributed by atoms with E-state index in [1.54, 1.807) is 0 Å². The highest BCUT2D eigenvalue weighted by Gasteiger charge is 2.58. The summed E-state index contributed by atoms with van der Waals surface area (Å²) in [4.78, 5) is 12.9. The van der Waals surface area contributed by atoms with Crippen LogP contribution in [-0.4, -0.2) is 19.0 Å². The lowest BCUT2D eigenvalue weighted by Gasteiger charge is -2.60. The second-order valence-corrected chi connectivity index (χ2v) is 9.44. The first-order valence-electron chi connectivity index (χ1n) is 8.74. The first-order chi connectivity index (χ1) is 9.76. The van der Waals surface area contributed by atoms with Gasteiger partial charge in [-0.1, -0.05) is 20.8 Å². The Balaban J connectivity index is 1.67. The van der Waals surface area contributed by atoms with Gasteiger partial charge in [-0.25, -0.2) is 0 Å². The number of carbonyl (C=O) groups excluding carboxylic acids is 1. The highest BCUT2D eigenvalue weighted by atomic mass is 16.2. The van der Waals surface area contributed by atoms with Crippen LogP contribution in [-0.2, 0) is 4.79 Å². The minimum Gasteiger partial charge on any atom is -0.355 e. The number of hydrogen-bond acceptors (Lipinski definition) is 2. The van der Waals surface area contributed by atoms with Crippen LogP contribution in [0.2, 0.25) is 0 Å². The third-order valence-electron chi connectivity index (χ3n) is 6.38. The van der Waals surface area contributed by atoms with Gasteiger partial charge < -0.3 is 11.1 Å². The van der Waals surface area contributed by atoms with Gasteiger partial charge in [-0.3, -0.25) is 4.79 Å². The lowest BCUT2D eigenvalue weighted by atomic mass is 9.44. The van der Waals surface area contributed by atoms with Crippen molar-refractivity contribution in [3.05, 3.63) is 0 Å². The molecule has 1 amide bonds. The van der Waals surface area contributed by atoms with Crippen molar-refractivity contribution in [2.75, 3.05) is 13.1 Å². The largest absolute Gasteiger partial charge is 0.355 e. The molecule has 0 aromatic heterocycles. The second-order valence-electron chi connectivity index (χ2n) is 9.44. The number of carbonyl (C=O) groups is 1. The maximum Gasteiger partial charge on any atom is 0.226 e. The average molecular weight is 292 g/mol. The van der Waals surface area contributed by atoms with Crippen molar-refractivity contribution in [2.45, 2.75) is 65.7 Å². The van der Waals surface area contributed by atoms with Crippen LogP contribution in [0.4, 0.5) is 0 Å². The molecule has 4 rings (SSSR count). The van der Waals surface area contributed by atoms with Crippen molar-refractivity contribution in [3.63, 3.8) is 0 Å². The predicted molar refractivity (Wildman–Crippen MR) is 85.7 cm³/mol. The second kappa shape index (κ2) is 4.97. The van der Waals surface area contributed by atoms with E-state index in [0.29, 0.717) is 17.9 Å². The molecule has 0 spiro atoms. The molecule has 4 fully saturated rings. The summed E-state index contributed by atoms with van der Waals surface area (Å²) in [5.74, 6) is 1.95. The minimum absolute atomic E-state index is 0.0440. The van der Waals surface area contributed by atoms with E-state index < -0.39 is 0 Å². The molecule has 0 aliphatic heterocycles. The Morgan fingerprint density at radius 2 is 1.86 bits per heavy atom. The number of hydrogen-bond donors (Lipinski definition) is 2. The van der Waals surface area contributed by atoms with Crippen molar-refractivity contribution in [2.24, 2.45) is 33.8 Å². The van der Waals surface area contributed by atoms with Crippen LogP contribution in [0.25, 0.3) is 0 Å². The van der Waals surface area contributed by atoms with Crippen LogP contribution in [0.5, 0.6) is 0 Å². The topological polar surface area (TPSA) is 55.1 Å². The Kier molecular flexibility index (Phi) is 3.63. The molecule has 4 aliphatic carbocycles. The molecule has 3 heteroatoms. The van der Waals surface area contributed by atoms with Gasteiger partial charge in [-0.15, -0.1) is 0 Å². The number of rotatable bonds is 5. The molecule has 0 radical (unpaired) electrons. The van der Waals surface area contributed by atoms with E-state index in [-0.39, 0.29) is 10.8 Å². The summed E-state index contributed by atoms with van der Waals surface area (Å²) in [6, 6.07) is 0. The third kappa shape index (κ3) is 2.86. The molecule has 0 heterocycles. The predicted octanol–water partition coefficient (Wildman–Crippen LogP) is 3.08. The van der Waals surface area contributed by atoms with Crippen LogP contribution in [0.15, 0.2) is 0 Å². The molecule has 3 N–H and O–H groups in total. The van der Waals surface area contributed by atoms with Gasteiger partial charge in [-0.2, -0.15) is 0 Å². The van der Waals surface area contributed by atoms with Crippen LogP contribution >= 0.6 is 0 Å². The first-order valence-corrected chi connectivity index (χ1v) is 8.74. The Hall–Kier alpha value is -0.570. The molecule has 0 aromatic rings. The van der Waals surface area contributed by atoms with Gasteiger partial charge in [-0.05, 0) is 74.2 Å². The van der Waals surface area contributed by atoms with Crippen LogP contribution < -0.4 is 11.1 Å². The SMILES string of the molecule is CC(C)(CCN)CNC(=O)C12CC3CC(CC(C)(C3)C1)C2. The molecule has 4 saturated carbocycles. The van der Waals surface area contributed by atoms with Gasteiger partial charge in [0.2, 0.25) is 5.91 Å². The molecule has 0 saturated heterocycles. The number of nitrogens with one attached hydrogen (secondary N) is 1. The summed E-state index contributed by atoms with van der Waals surface area (Å²) in [6.45, 7) is 8.26. The molecule has 21 heavy (non-hydrogen) atoms. The maximum atomic E-state index is 12.9. The van der Waals surface area contributed by atoms with Crippen molar-refractivity contribution >= 4 is 5.91 Å². The summed E-state index contributed by atoms with van der Waals surface area (Å²) in [5.41, 5.74) is 6.17. The van der Waals surface area contributed by atoms with Gasteiger partial charge in [0.1, 0.15) is 0 Å². The van der Waals surface area contributed by atoms with Gasteiger partial charge in [0.15, 0.2) is 0 Å². The van der Waals surface area contributed by atoms with E-state index in [0.717, 1.165) is 44.1 Å². The maximum absolute atomic E-state index is 12.9. The summed E-state index contributed by atoms with van der Waals surface area (Å²) in [7, 11) is 0. The standard InChI is InChI=1S/C18H32N2O/c1-16(2,4-5-19)12-20-15(21)18-9-13-6-14(10-18)8-17(3,7-13)11-18/h13-14H,4-12,19H2,1-3H3,(H,20,21). The summed E-state index contributed by atoms with van der Waals surface area (Å²) in [5, 5.41) is 3.29. The smallest absolute Gasteiger partial charge is 0.226 e. The van der Waals surface area contributed by atoms with E-state index in [1.807, 2.05) is 0 Å². The Morgan fingerprint density at radius 1 is 1.24 bits per heavy atom. The van der Waals surface area contributed by atoms with E-state index in [4.69, 9.17) is 5.73 Å². The van der Waals surface area contributed by atoms with Gasteiger partial charge >= 0.3 is 0 Å². The third-order valence-corrected chi connectivity index (χ3v) is 6.38. The van der Waals surface area contributed by atoms with Gasteiger partial charge in [0.25, 0.3) is 0 Å². The van der Waals surface area contributed by atoms with Crippen molar-refractivity contribution in [1.82, 2.24) is 5.32 Å². The number of amides is 1. The first kappa shape index (κ1) is 15.3. The van der Waals surface area contributed by atoms with E-state index in [1.165, 1.54) is 19.3 Å². The van der Waals surface area contributed by atoms with Crippen molar-refractivity contribution in [1.29, 1.82) is 0 Å². The molecule has 4 aliphatic rings. The van der Waals surface area contributed by atoms with Crippen molar-refractivity contribution < 1.29 is 4.79 Å². The Bertz CT molecular complexity index is 415. The van der Waals surface area contributed by atoms with Crippen LogP contribution in [0.1, 0.15) is 65.7 Å². The zero-order valence-electron chi connectivity index (χ0n) is 14.0. The van der Waals surface area contributed by atoms with E-state index in [2.05, 4.69) is 26.1 Å². The monoisotopic (exact) mass is 292 g/mol. The highest BCUT2D eigenvalue weighted by molar-refractivity contribution is 5.83. The van der Waals surface area contributed by atoms with E-state index in [9.17, 15) is 4.79 Å². The summed E-state index contributed by atoms with van der Waals surface area (Å²) < 4.78 is 0. The lowest BCUT2D eigenvalue weighted by molar-refractivity contribution is -0.155. The minimum atomic E-state index is -0.0440. The zero-order chi connectivity index (χ0) is 15.3. The fourth-order valence-electron chi connectivity index (χ4n) is 5.97. The van der Waals surface area contributed by atoms with Crippen molar-refractivity contribution in [3.8, 4) is 0 Å². The molecule has 2 atom stereocenters. The normalized spacial score (nSPS) is 41.3. The molecule has 2 unspecified atom stereocenters. The molecular formula is C18H32N2O. The summed E-state index contributed by atoms with van der Waals surface area (Å²) in [6.07, 6.45) is 8.46. The summed E-state index contributed by atoms with van der Waals surface area (Å²) >= 11 is 0. The van der Waals surface area contributed by atoms with Crippen LogP contribution in [0.3, 0.4) is 0 Å². The fraction of sp³-hybridized carbons (Fsp3) is 0.944. The molecule has 3 nitrogen and oxygen atoms in total. The highest BCUT2D eigenvalue weighted by Crippen LogP contribution is 2.65.